The van der Waals surface area contributed by atoms with Gasteiger partial charge < -0.3 is 10.5 Å². The highest BCUT2D eigenvalue weighted by Gasteiger charge is 2.19. The highest BCUT2D eigenvalue weighted by molar-refractivity contribution is 5.88. The molecule has 5 heteroatoms. The number of carbonyl (C=O) groups is 2. The van der Waals surface area contributed by atoms with Crippen molar-refractivity contribution in [2.45, 2.75) is 25.9 Å². The lowest BCUT2D eigenvalue weighted by molar-refractivity contribution is -0.126. The maximum Gasteiger partial charge on any atom is 0.412 e. The van der Waals surface area contributed by atoms with Crippen LogP contribution in [0.4, 0.5) is 10.5 Å². The monoisotopic (exact) mass is 236 g/mol. The molecular weight excluding hydrogens is 220 g/mol. The maximum absolute atomic E-state index is 11.5. The molecular formula is C12H16N2O3. The zero-order valence-electron chi connectivity index (χ0n) is 9.68. The van der Waals surface area contributed by atoms with Crippen LogP contribution in [-0.2, 0) is 9.53 Å². The summed E-state index contributed by atoms with van der Waals surface area (Å²) in [5.74, 6) is -0.630. The Morgan fingerprint density at radius 1 is 1.35 bits per heavy atom. The molecule has 0 radical (unpaired) electrons. The molecule has 0 heterocycles. The van der Waals surface area contributed by atoms with E-state index in [1.165, 1.54) is 0 Å². The Morgan fingerprint density at radius 3 is 2.53 bits per heavy atom. The Kier molecular flexibility index (Phi) is 5.00. The van der Waals surface area contributed by atoms with Gasteiger partial charge in [-0.3, -0.25) is 10.1 Å². The predicted octanol–water partition coefficient (Wildman–Crippen LogP) is 1.89. The van der Waals surface area contributed by atoms with Crippen LogP contribution in [0.15, 0.2) is 30.3 Å². The molecule has 2 amide bonds. The summed E-state index contributed by atoms with van der Waals surface area (Å²) in [6.07, 6.45) is -0.402. The minimum Gasteiger partial charge on any atom is -0.436 e. The number of hydrogen-bond donors (Lipinski definition) is 2. The first-order valence-corrected chi connectivity index (χ1v) is 5.45. The van der Waals surface area contributed by atoms with Gasteiger partial charge in [0.25, 0.3) is 5.91 Å². The lowest BCUT2D eigenvalue weighted by Gasteiger charge is -2.14. The number of anilines is 1. The van der Waals surface area contributed by atoms with Gasteiger partial charge >= 0.3 is 6.09 Å². The molecule has 0 spiro atoms. The Balaban J connectivity index is 2.51. The topological polar surface area (TPSA) is 81.4 Å². The molecule has 5 nitrogen and oxygen atoms in total. The van der Waals surface area contributed by atoms with Gasteiger partial charge in [-0.2, -0.15) is 0 Å². The van der Waals surface area contributed by atoms with Gasteiger partial charge in [-0.15, -0.1) is 0 Å². The van der Waals surface area contributed by atoms with Crippen molar-refractivity contribution >= 4 is 17.7 Å². The number of benzene rings is 1. The lowest BCUT2D eigenvalue weighted by atomic mass is 10.2. The van der Waals surface area contributed by atoms with Gasteiger partial charge in [-0.05, 0) is 18.6 Å². The van der Waals surface area contributed by atoms with Crippen LogP contribution >= 0.6 is 0 Å². The van der Waals surface area contributed by atoms with E-state index in [0.717, 1.165) is 0 Å². The summed E-state index contributed by atoms with van der Waals surface area (Å²) < 4.78 is 4.93. The maximum atomic E-state index is 11.5. The van der Waals surface area contributed by atoms with Gasteiger partial charge in [-0.1, -0.05) is 31.5 Å². The van der Waals surface area contributed by atoms with Crippen molar-refractivity contribution in [3.63, 3.8) is 0 Å². The first kappa shape index (κ1) is 13.0. The Morgan fingerprint density at radius 2 is 2.00 bits per heavy atom. The summed E-state index contributed by atoms with van der Waals surface area (Å²) in [4.78, 5) is 22.5. The van der Waals surface area contributed by atoms with E-state index in [1.807, 2.05) is 13.0 Å². The molecule has 1 aromatic carbocycles. The molecule has 0 aromatic heterocycles. The number of carbonyl (C=O) groups excluding carboxylic acids is 2. The number of amides is 2. The lowest BCUT2D eigenvalue weighted by Crippen LogP contribution is -2.34. The highest BCUT2D eigenvalue weighted by Crippen LogP contribution is 2.08. The standard InChI is InChI=1S/C12H16N2O3/c1-2-6-10(11(13)15)17-12(16)14-9-7-4-3-5-8-9/h3-5,7-8,10H,2,6H2,1H3,(H2,13,15)(H,14,16). The third kappa shape index (κ3) is 4.55. The van der Waals surface area contributed by atoms with Gasteiger partial charge in [0.1, 0.15) is 0 Å². The second-order valence-corrected chi connectivity index (χ2v) is 3.58. The first-order valence-electron chi connectivity index (χ1n) is 5.45. The number of ether oxygens (including phenoxy) is 1. The van der Waals surface area contributed by atoms with E-state index >= 15 is 0 Å². The minimum atomic E-state index is -0.872. The normalized spacial score (nSPS) is 11.6. The number of nitrogens with one attached hydrogen (secondary N) is 1. The smallest absolute Gasteiger partial charge is 0.412 e. The van der Waals surface area contributed by atoms with E-state index in [-0.39, 0.29) is 0 Å². The average molecular weight is 236 g/mol. The van der Waals surface area contributed by atoms with E-state index in [0.29, 0.717) is 18.5 Å². The van der Waals surface area contributed by atoms with E-state index in [2.05, 4.69) is 5.32 Å². The second-order valence-electron chi connectivity index (χ2n) is 3.58. The first-order chi connectivity index (χ1) is 8.13. The van der Waals surface area contributed by atoms with Crippen LogP contribution in [0.2, 0.25) is 0 Å². The SMILES string of the molecule is CCCC(OC(=O)Nc1ccccc1)C(N)=O. The van der Waals surface area contributed by atoms with E-state index in [1.54, 1.807) is 24.3 Å². The van der Waals surface area contributed by atoms with Crippen LogP contribution in [-0.4, -0.2) is 18.1 Å². The van der Waals surface area contributed by atoms with Gasteiger partial charge in [0, 0.05) is 5.69 Å². The Bertz CT molecular complexity index is 379. The van der Waals surface area contributed by atoms with Crippen molar-refractivity contribution in [2.24, 2.45) is 5.73 Å². The van der Waals surface area contributed by atoms with Crippen LogP contribution in [0.25, 0.3) is 0 Å². The summed E-state index contributed by atoms with van der Waals surface area (Å²) in [7, 11) is 0. The third-order valence-electron chi connectivity index (χ3n) is 2.14. The van der Waals surface area contributed by atoms with Crippen LogP contribution in [0.1, 0.15) is 19.8 Å². The molecule has 1 rings (SSSR count). The molecule has 0 bridgehead atoms. The quantitative estimate of drug-likeness (QED) is 0.819. The van der Waals surface area contributed by atoms with Crippen molar-refractivity contribution in [3.05, 3.63) is 30.3 Å². The zero-order valence-corrected chi connectivity index (χ0v) is 9.68. The van der Waals surface area contributed by atoms with Crippen molar-refractivity contribution in [3.8, 4) is 0 Å². The van der Waals surface area contributed by atoms with Crippen molar-refractivity contribution in [2.75, 3.05) is 5.32 Å². The van der Waals surface area contributed by atoms with Crippen LogP contribution in [0.5, 0.6) is 0 Å². The van der Waals surface area contributed by atoms with Gasteiger partial charge in [0.2, 0.25) is 0 Å². The molecule has 1 aromatic rings. The molecule has 17 heavy (non-hydrogen) atoms. The third-order valence-corrected chi connectivity index (χ3v) is 2.14. The molecule has 0 fully saturated rings. The van der Waals surface area contributed by atoms with E-state index < -0.39 is 18.1 Å². The fourth-order valence-electron chi connectivity index (χ4n) is 1.32. The minimum absolute atomic E-state index is 0.428. The number of rotatable bonds is 5. The second kappa shape index (κ2) is 6.52. The number of nitrogens with two attached hydrogens (primary N) is 1. The number of para-hydroxylation sites is 1. The average Bonchev–Trinajstić information content (AvgIpc) is 2.29. The number of primary amides is 1. The molecule has 0 aliphatic carbocycles. The summed E-state index contributed by atoms with van der Waals surface area (Å²) in [5, 5.41) is 2.52. The summed E-state index contributed by atoms with van der Waals surface area (Å²) in [6.45, 7) is 1.88. The van der Waals surface area contributed by atoms with Crippen molar-refractivity contribution in [1.29, 1.82) is 0 Å². The molecule has 0 aliphatic rings. The molecule has 1 atom stereocenters. The molecule has 3 N–H and O–H groups in total. The summed E-state index contributed by atoms with van der Waals surface area (Å²) in [6, 6.07) is 8.85. The van der Waals surface area contributed by atoms with Gasteiger partial charge in [0.05, 0.1) is 0 Å². The number of hydrogen-bond acceptors (Lipinski definition) is 3. The molecule has 0 saturated carbocycles. The van der Waals surface area contributed by atoms with Gasteiger partial charge in [0.15, 0.2) is 6.10 Å². The van der Waals surface area contributed by atoms with Crippen molar-refractivity contribution in [1.82, 2.24) is 0 Å². The fraction of sp³-hybridized carbons (Fsp3) is 0.333. The van der Waals surface area contributed by atoms with Crippen LogP contribution in [0.3, 0.4) is 0 Å². The largest absolute Gasteiger partial charge is 0.436 e. The summed E-state index contributed by atoms with van der Waals surface area (Å²) in [5.41, 5.74) is 5.73. The fourth-order valence-corrected chi connectivity index (χ4v) is 1.32. The zero-order chi connectivity index (χ0) is 12.7. The Hall–Kier alpha value is -2.04. The molecule has 1 unspecified atom stereocenters. The van der Waals surface area contributed by atoms with Crippen molar-refractivity contribution < 1.29 is 14.3 Å². The molecule has 0 aliphatic heterocycles. The summed E-state index contributed by atoms with van der Waals surface area (Å²) >= 11 is 0. The predicted molar refractivity (Wildman–Crippen MR) is 64.4 cm³/mol. The molecule has 0 saturated heterocycles. The molecule has 92 valence electrons. The van der Waals surface area contributed by atoms with Crippen LogP contribution < -0.4 is 11.1 Å². The Labute approximate surface area is 99.9 Å². The van der Waals surface area contributed by atoms with Crippen LogP contribution in [0, 0.1) is 0 Å². The van der Waals surface area contributed by atoms with E-state index in [4.69, 9.17) is 10.5 Å². The highest BCUT2D eigenvalue weighted by atomic mass is 16.6. The van der Waals surface area contributed by atoms with Gasteiger partial charge in [-0.25, -0.2) is 4.79 Å². The van der Waals surface area contributed by atoms with E-state index in [9.17, 15) is 9.59 Å².